The number of anilines is 1. The van der Waals surface area contributed by atoms with Crippen molar-refractivity contribution in [2.45, 2.75) is 69.0 Å². The summed E-state index contributed by atoms with van der Waals surface area (Å²) in [5, 5.41) is 3.38. The zero-order valence-electron chi connectivity index (χ0n) is 26.3. The molecule has 1 aliphatic rings. The molecule has 4 aromatic carbocycles. The van der Waals surface area contributed by atoms with E-state index in [-0.39, 0.29) is 45.5 Å². The van der Waals surface area contributed by atoms with Crippen molar-refractivity contribution in [2.24, 2.45) is 0 Å². The van der Waals surface area contributed by atoms with E-state index >= 15 is 0 Å². The van der Waals surface area contributed by atoms with Gasteiger partial charge in [0.1, 0.15) is 12.6 Å². The number of nitrogens with one attached hydrogen (secondary N) is 1. The van der Waals surface area contributed by atoms with Crippen LogP contribution in [0.1, 0.15) is 48.8 Å². The number of halogens is 2. The third-order valence-corrected chi connectivity index (χ3v) is 11.1. The number of amides is 2. The second-order valence-corrected chi connectivity index (χ2v) is 14.6. The Balaban J connectivity index is 1.58. The maximum Gasteiger partial charge on any atom is 0.264 e. The molecule has 1 N–H and O–H groups in total. The van der Waals surface area contributed by atoms with Gasteiger partial charge in [0.2, 0.25) is 11.8 Å². The first-order valence-electron chi connectivity index (χ1n) is 15.8. The van der Waals surface area contributed by atoms with Gasteiger partial charge in [-0.15, -0.1) is 0 Å². The fourth-order valence-corrected chi connectivity index (χ4v) is 7.92. The molecule has 0 heterocycles. The van der Waals surface area contributed by atoms with Crippen LogP contribution in [-0.4, -0.2) is 43.8 Å². The van der Waals surface area contributed by atoms with Gasteiger partial charge in [0, 0.05) is 19.0 Å². The van der Waals surface area contributed by atoms with Crippen LogP contribution in [0, 0.1) is 6.92 Å². The molecule has 1 atom stereocenters. The lowest BCUT2D eigenvalue weighted by atomic mass is 9.94. The van der Waals surface area contributed by atoms with Gasteiger partial charge < -0.3 is 10.2 Å². The highest BCUT2D eigenvalue weighted by Crippen LogP contribution is 2.35. The van der Waals surface area contributed by atoms with E-state index < -0.39 is 28.5 Å². The van der Waals surface area contributed by atoms with Gasteiger partial charge in [-0.3, -0.25) is 13.9 Å². The van der Waals surface area contributed by atoms with Crippen molar-refractivity contribution in [3.8, 4) is 0 Å². The Bertz CT molecular complexity index is 1780. The van der Waals surface area contributed by atoms with Crippen LogP contribution < -0.4 is 9.62 Å². The van der Waals surface area contributed by atoms with E-state index in [0.29, 0.717) is 0 Å². The number of rotatable bonds is 12. The Labute approximate surface area is 287 Å². The third-order valence-electron chi connectivity index (χ3n) is 8.47. The molecule has 2 amide bonds. The van der Waals surface area contributed by atoms with E-state index in [0.717, 1.165) is 53.1 Å². The molecule has 0 unspecified atom stereocenters. The number of hydrogen-bond donors (Lipinski definition) is 1. The molecule has 10 heteroatoms. The van der Waals surface area contributed by atoms with Gasteiger partial charge in [0.25, 0.3) is 10.0 Å². The maximum absolute atomic E-state index is 14.7. The molecule has 4 aromatic rings. The molecule has 0 aromatic heterocycles. The van der Waals surface area contributed by atoms with Crippen LogP contribution >= 0.6 is 23.2 Å². The van der Waals surface area contributed by atoms with Gasteiger partial charge >= 0.3 is 0 Å². The molecule has 5 rings (SSSR count). The van der Waals surface area contributed by atoms with E-state index in [9.17, 15) is 18.0 Å². The molecule has 246 valence electrons. The monoisotopic (exact) mass is 691 g/mol. The Morgan fingerprint density at radius 3 is 2.15 bits per heavy atom. The van der Waals surface area contributed by atoms with Gasteiger partial charge in [-0.1, -0.05) is 127 Å². The molecule has 0 radical (unpaired) electrons. The number of nitrogens with zero attached hydrogens (tertiary/aromatic N) is 2. The zero-order chi connectivity index (χ0) is 33.4. The predicted octanol–water partition coefficient (Wildman–Crippen LogP) is 7.59. The van der Waals surface area contributed by atoms with E-state index in [1.807, 2.05) is 61.5 Å². The van der Waals surface area contributed by atoms with Crippen molar-refractivity contribution in [3.63, 3.8) is 0 Å². The summed E-state index contributed by atoms with van der Waals surface area (Å²) in [5.41, 5.74) is 2.77. The van der Waals surface area contributed by atoms with Gasteiger partial charge in [0.15, 0.2) is 0 Å². The van der Waals surface area contributed by atoms with Crippen LogP contribution in [-0.2, 0) is 32.6 Å². The highest BCUT2D eigenvalue weighted by molar-refractivity contribution is 7.92. The quantitative estimate of drug-likeness (QED) is 0.166. The van der Waals surface area contributed by atoms with Crippen LogP contribution in [0.25, 0.3) is 0 Å². The standard InChI is InChI=1S/C37H39Cl2N3O4S/c1-27-13-11-16-29(23-27)25-41(34(24-28-14-5-2-6-15-28)37(44)40-30-17-7-3-8-18-30)35(43)26-42(33-22-12-21-32(38)36(33)39)47(45,46)31-19-9-4-10-20-31/h2,4-6,9-16,19-23,30,34H,3,7-8,17-18,24-26H2,1H3,(H,40,44)/t34-/m1/s1. The molecule has 7 nitrogen and oxygen atoms in total. The van der Waals surface area contributed by atoms with Gasteiger partial charge in [-0.2, -0.15) is 0 Å². The summed E-state index contributed by atoms with van der Waals surface area (Å²) in [5.74, 6) is -0.818. The fourth-order valence-electron chi connectivity index (χ4n) is 6.02. The highest BCUT2D eigenvalue weighted by Gasteiger charge is 2.36. The molecule has 1 fully saturated rings. The normalized spacial score (nSPS) is 14.3. The summed E-state index contributed by atoms with van der Waals surface area (Å²) in [4.78, 5) is 30.4. The number of carbonyl (C=O) groups is 2. The Hall–Kier alpha value is -3.85. The average molecular weight is 693 g/mol. The summed E-state index contributed by atoms with van der Waals surface area (Å²) >= 11 is 12.9. The van der Waals surface area contributed by atoms with E-state index in [1.165, 1.54) is 23.1 Å². The SMILES string of the molecule is Cc1cccc(CN(C(=O)CN(c2cccc(Cl)c2Cl)S(=O)(=O)c2ccccc2)[C@H](Cc2ccccc2)C(=O)NC2CCCCC2)c1. The average Bonchev–Trinajstić information content (AvgIpc) is 3.08. The summed E-state index contributed by atoms with van der Waals surface area (Å²) in [7, 11) is -4.29. The summed E-state index contributed by atoms with van der Waals surface area (Å²) < 4.78 is 29.4. The van der Waals surface area contributed by atoms with E-state index in [1.54, 1.807) is 30.3 Å². The molecule has 1 aliphatic carbocycles. The maximum atomic E-state index is 14.7. The molecule has 0 saturated heterocycles. The second kappa shape index (κ2) is 15.8. The van der Waals surface area contributed by atoms with Crippen molar-refractivity contribution in [2.75, 3.05) is 10.8 Å². The lowest BCUT2D eigenvalue weighted by Gasteiger charge is -2.35. The van der Waals surface area contributed by atoms with Crippen molar-refractivity contribution < 1.29 is 18.0 Å². The van der Waals surface area contributed by atoms with E-state index in [4.69, 9.17) is 23.2 Å². The minimum Gasteiger partial charge on any atom is -0.352 e. The zero-order valence-corrected chi connectivity index (χ0v) is 28.6. The first-order chi connectivity index (χ1) is 22.6. The van der Waals surface area contributed by atoms with Crippen LogP contribution in [0.4, 0.5) is 5.69 Å². The topological polar surface area (TPSA) is 86.8 Å². The minimum absolute atomic E-state index is 0.00239. The first kappa shape index (κ1) is 34.5. The summed E-state index contributed by atoms with van der Waals surface area (Å²) in [6, 6.07) is 28.9. The molecule has 0 spiro atoms. The fraction of sp³-hybridized carbons (Fsp3) is 0.297. The minimum atomic E-state index is -4.29. The number of aryl methyl sites for hydroxylation is 1. The van der Waals surface area contributed by atoms with Crippen LogP contribution in [0.3, 0.4) is 0 Å². The number of benzene rings is 4. The predicted molar refractivity (Wildman–Crippen MR) is 188 cm³/mol. The van der Waals surface area contributed by atoms with Crippen molar-refractivity contribution >= 4 is 50.7 Å². The summed E-state index contributed by atoms with van der Waals surface area (Å²) in [6.07, 6.45) is 5.22. The van der Waals surface area contributed by atoms with Crippen molar-refractivity contribution in [1.82, 2.24) is 10.2 Å². The molecule has 1 saturated carbocycles. The number of sulfonamides is 1. The number of carbonyl (C=O) groups excluding carboxylic acids is 2. The Kier molecular flexibility index (Phi) is 11.6. The molecule has 0 aliphatic heterocycles. The lowest BCUT2D eigenvalue weighted by Crippen LogP contribution is -2.55. The smallest absolute Gasteiger partial charge is 0.264 e. The second-order valence-electron chi connectivity index (χ2n) is 12.0. The molecule has 0 bridgehead atoms. The van der Waals surface area contributed by atoms with Crippen LogP contribution in [0.5, 0.6) is 0 Å². The summed E-state index contributed by atoms with van der Waals surface area (Å²) in [6.45, 7) is 1.45. The highest BCUT2D eigenvalue weighted by atomic mass is 35.5. The van der Waals surface area contributed by atoms with E-state index in [2.05, 4.69) is 5.32 Å². The number of hydrogen-bond acceptors (Lipinski definition) is 4. The van der Waals surface area contributed by atoms with Gasteiger partial charge in [-0.05, 0) is 55.2 Å². The third kappa shape index (κ3) is 8.74. The molecule has 47 heavy (non-hydrogen) atoms. The largest absolute Gasteiger partial charge is 0.352 e. The van der Waals surface area contributed by atoms with Crippen molar-refractivity contribution in [3.05, 3.63) is 130 Å². The Morgan fingerprint density at radius 1 is 0.830 bits per heavy atom. The van der Waals surface area contributed by atoms with Gasteiger partial charge in [-0.25, -0.2) is 8.42 Å². The van der Waals surface area contributed by atoms with Crippen LogP contribution in [0.2, 0.25) is 10.0 Å². The Morgan fingerprint density at radius 2 is 1.47 bits per heavy atom. The molecular weight excluding hydrogens is 653 g/mol. The molecular formula is C37H39Cl2N3O4S. The van der Waals surface area contributed by atoms with Gasteiger partial charge in [0.05, 0.1) is 20.6 Å². The van der Waals surface area contributed by atoms with Crippen molar-refractivity contribution in [1.29, 1.82) is 0 Å². The lowest BCUT2D eigenvalue weighted by molar-refractivity contribution is -0.140. The first-order valence-corrected chi connectivity index (χ1v) is 18.0. The van der Waals surface area contributed by atoms with Crippen LogP contribution in [0.15, 0.2) is 108 Å².